The van der Waals surface area contributed by atoms with Crippen LogP contribution < -0.4 is 14.8 Å². The predicted molar refractivity (Wildman–Crippen MR) is 95.2 cm³/mol. The lowest BCUT2D eigenvalue weighted by molar-refractivity contribution is 0.232. The van der Waals surface area contributed by atoms with Gasteiger partial charge in [0.15, 0.2) is 0 Å². The van der Waals surface area contributed by atoms with Gasteiger partial charge in [0.05, 0.1) is 9.79 Å². The summed E-state index contributed by atoms with van der Waals surface area (Å²) >= 11 is 0. The molecule has 1 saturated carbocycles. The second-order valence-electron chi connectivity index (χ2n) is 7.26. The van der Waals surface area contributed by atoms with Gasteiger partial charge in [0.25, 0.3) is 0 Å². The molecule has 1 saturated heterocycles. The molecule has 0 unspecified atom stereocenters. The molecule has 3 rings (SSSR count). The summed E-state index contributed by atoms with van der Waals surface area (Å²) in [7, 11) is -7.43. The third-order valence-electron chi connectivity index (χ3n) is 4.82. The van der Waals surface area contributed by atoms with Crippen molar-refractivity contribution in [3.63, 3.8) is 0 Å². The highest BCUT2D eigenvalue weighted by molar-refractivity contribution is 7.90. The summed E-state index contributed by atoms with van der Waals surface area (Å²) < 4.78 is 55.0. The molecule has 2 aliphatic rings. The predicted octanol–water partition coefficient (Wildman–Crippen LogP) is 0.795. The molecule has 1 aliphatic heterocycles. The minimum atomic E-state index is -3.76. The molecule has 0 radical (unpaired) electrons. The third-order valence-corrected chi connectivity index (χ3v) is 7.74. The van der Waals surface area contributed by atoms with Crippen LogP contribution in [0.5, 0.6) is 0 Å². The van der Waals surface area contributed by atoms with Crippen LogP contribution in [0.25, 0.3) is 0 Å². The van der Waals surface area contributed by atoms with Crippen molar-refractivity contribution in [2.24, 2.45) is 5.41 Å². The minimum Gasteiger partial charge on any atom is -0.317 e. The number of piperidine rings is 1. The fraction of sp³-hybridized carbons (Fsp3) is 0.625. The van der Waals surface area contributed by atoms with Crippen molar-refractivity contribution >= 4 is 20.0 Å². The summed E-state index contributed by atoms with van der Waals surface area (Å²) in [4.78, 5) is -0.0425. The van der Waals surface area contributed by atoms with Gasteiger partial charge in [0.2, 0.25) is 20.0 Å². The van der Waals surface area contributed by atoms with Crippen LogP contribution in [0.3, 0.4) is 0 Å². The van der Waals surface area contributed by atoms with Gasteiger partial charge in [0.1, 0.15) is 0 Å². The smallest absolute Gasteiger partial charge is 0.240 e. The van der Waals surface area contributed by atoms with Gasteiger partial charge in [-0.1, -0.05) is 13.0 Å². The summed E-state index contributed by atoms with van der Waals surface area (Å²) in [5.41, 5.74) is -0.0878. The second-order valence-corrected chi connectivity index (χ2v) is 10.7. The number of rotatable bonds is 7. The molecule has 1 aliphatic carbocycles. The molecule has 0 bridgehead atoms. The highest BCUT2D eigenvalue weighted by Gasteiger charge is 2.30. The maximum atomic E-state index is 12.6. The number of hydrogen-bond donors (Lipinski definition) is 3. The van der Waals surface area contributed by atoms with Gasteiger partial charge in [-0.2, -0.15) is 0 Å². The first-order valence-electron chi connectivity index (χ1n) is 8.53. The monoisotopic (exact) mass is 387 g/mol. The summed E-state index contributed by atoms with van der Waals surface area (Å²) in [6.45, 7) is 4.16. The van der Waals surface area contributed by atoms with Crippen LogP contribution >= 0.6 is 0 Å². The van der Waals surface area contributed by atoms with Crippen LogP contribution in [-0.2, 0) is 20.0 Å². The van der Waals surface area contributed by atoms with Crippen molar-refractivity contribution in [3.05, 3.63) is 24.3 Å². The van der Waals surface area contributed by atoms with E-state index < -0.39 is 20.0 Å². The van der Waals surface area contributed by atoms with Gasteiger partial charge in [0, 0.05) is 12.6 Å². The standard InChI is InChI=1S/C16H25N3O4S2/c1-16(7-9-17-10-8-16)12-18-24(20,21)14-3-2-4-15(11-14)25(22,23)19-13-5-6-13/h2-4,11,13,17-19H,5-10,12H2,1H3. The molecule has 1 heterocycles. The van der Waals surface area contributed by atoms with E-state index in [0.717, 1.165) is 38.8 Å². The van der Waals surface area contributed by atoms with E-state index in [0.29, 0.717) is 6.54 Å². The van der Waals surface area contributed by atoms with Crippen LogP contribution in [0.2, 0.25) is 0 Å². The van der Waals surface area contributed by atoms with E-state index in [1.807, 2.05) is 0 Å². The van der Waals surface area contributed by atoms with Crippen molar-refractivity contribution in [1.82, 2.24) is 14.8 Å². The average molecular weight is 388 g/mol. The summed E-state index contributed by atoms with van der Waals surface area (Å²) in [5.74, 6) is 0. The van der Waals surface area contributed by atoms with Gasteiger partial charge < -0.3 is 5.32 Å². The molecular formula is C16H25N3O4S2. The lowest BCUT2D eigenvalue weighted by Gasteiger charge is -2.34. The van der Waals surface area contributed by atoms with Crippen LogP contribution in [0.1, 0.15) is 32.6 Å². The highest BCUT2D eigenvalue weighted by atomic mass is 32.2. The first-order valence-corrected chi connectivity index (χ1v) is 11.5. The van der Waals surface area contributed by atoms with Crippen LogP contribution in [0.15, 0.2) is 34.1 Å². The zero-order chi connectivity index (χ0) is 18.1. The molecule has 7 nitrogen and oxygen atoms in total. The normalized spacial score (nSPS) is 21.2. The number of sulfonamides is 2. The van der Waals surface area contributed by atoms with E-state index in [4.69, 9.17) is 0 Å². The van der Waals surface area contributed by atoms with Crippen LogP contribution in [-0.4, -0.2) is 42.5 Å². The zero-order valence-electron chi connectivity index (χ0n) is 14.3. The molecule has 9 heteroatoms. The fourth-order valence-corrected chi connectivity index (χ4v) is 5.53. The van der Waals surface area contributed by atoms with Gasteiger partial charge in [-0.15, -0.1) is 0 Å². The number of benzene rings is 1. The Morgan fingerprint density at radius 3 is 2.28 bits per heavy atom. The second kappa shape index (κ2) is 6.96. The Morgan fingerprint density at radius 1 is 1.08 bits per heavy atom. The van der Waals surface area contributed by atoms with Crippen molar-refractivity contribution in [2.75, 3.05) is 19.6 Å². The lowest BCUT2D eigenvalue weighted by Crippen LogP contribution is -2.42. The molecule has 0 aromatic heterocycles. The van der Waals surface area contributed by atoms with Crippen LogP contribution in [0, 0.1) is 5.41 Å². The van der Waals surface area contributed by atoms with E-state index in [9.17, 15) is 16.8 Å². The Labute approximate surface area is 149 Å². The summed E-state index contributed by atoms with van der Waals surface area (Å²) in [5, 5.41) is 3.26. The Bertz CT molecular complexity index is 827. The van der Waals surface area contributed by atoms with Crippen LogP contribution in [0.4, 0.5) is 0 Å². The molecule has 25 heavy (non-hydrogen) atoms. The molecule has 2 fully saturated rings. The summed E-state index contributed by atoms with van der Waals surface area (Å²) in [6, 6.07) is 5.49. The first kappa shape index (κ1) is 18.8. The van der Waals surface area contributed by atoms with Crippen molar-refractivity contribution in [1.29, 1.82) is 0 Å². The highest BCUT2D eigenvalue weighted by Crippen LogP contribution is 2.28. The number of nitrogens with one attached hydrogen (secondary N) is 3. The van der Waals surface area contributed by atoms with E-state index in [2.05, 4.69) is 21.7 Å². The Hall–Kier alpha value is -1.00. The first-order chi connectivity index (χ1) is 11.7. The topological polar surface area (TPSA) is 104 Å². The van der Waals surface area contributed by atoms with E-state index in [1.54, 1.807) is 0 Å². The zero-order valence-corrected chi connectivity index (χ0v) is 15.9. The molecule has 3 N–H and O–H groups in total. The van der Waals surface area contributed by atoms with Gasteiger partial charge in [-0.25, -0.2) is 26.3 Å². The van der Waals surface area contributed by atoms with Crippen molar-refractivity contribution < 1.29 is 16.8 Å². The van der Waals surface area contributed by atoms with Gasteiger partial charge in [-0.05, 0) is 62.4 Å². The molecule has 1 aromatic carbocycles. The van der Waals surface area contributed by atoms with E-state index in [1.165, 1.54) is 24.3 Å². The van der Waals surface area contributed by atoms with Crippen molar-refractivity contribution in [3.8, 4) is 0 Å². The molecule has 0 amide bonds. The fourth-order valence-electron chi connectivity index (χ4n) is 2.86. The Kier molecular flexibility index (Phi) is 5.23. The quantitative estimate of drug-likeness (QED) is 0.642. The number of hydrogen-bond acceptors (Lipinski definition) is 5. The Balaban J connectivity index is 1.74. The average Bonchev–Trinajstić information content (AvgIpc) is 3.37. The van der Waals surface area contributed by atoms with Gasteiger partial charge >= 0.3 is 0 Å². The maximum Gasteiger partial charge on any atom is 0.240 e. The molecule has 0 spiro atoms. The molecule has 0 atom stereocenters. The van der Waals surface area contributed by atoms with E-state index >= 15 is 0 Å². The molecule has 140 valence electrons. The SMILES string of the molecule is CC1(CNS(=O)(=O)c2cccc(S(=O)(=O)NC3CC3)c2)CCNCC1. The van der Waals surface area contributed by atoms with E-state index in [-0.39, 0.29) is 21.2 Å². The largest absolute Gasteiger partial charge is 0.317 e. The summed E-state index contributed by atoms with van der Waals surface area (Å²) in [6.07, 6.45) is 3.45. The molecule has 1 aromatic rings. The van der Waals surface area contributed by atoms with Gasteiger partial charge in [-0.3, -0.25) is 0 Å². The van der Waals surface area contributed by atoms with Crippen molar-refractivity contribution in [2.45, 2.75) is 48.4 Å². The lowest BCUT2D eigenvalue weighted by atomic mass is 9.81. The molecular weight excluding hydrogens is 362 g/mol. The Morgan fingerprint density at radius 2 is 1.68 bits per heavy atom. The third kappa shape index (κ3) is 4.79. The maximum absolute atomic E-state index is 12.6. The minimum absolute atomic E-state index is 0.0182.